The van der Waals surface area contributed by atoms with Gasteiger partial charge in [-0.3, -0.25) is 14.5 Å². The number of nitrogens with zero attached hydrogens (tertiary/aromatic N) is 2. The molecule has 2 aromatic rings. The van der Waals surface area contributed by atoms with Crippen LogP contribution in [0.25, 0.3) is 0 Å². The Kier molecular flexibility index (Phi) is 7.94. The fraction of sp³-hybridized carbons (Fsp3) is 0.227. The minimum Gasteiger partial charge on any atom is -0.336 e. The molecule has 0 bridgehead atoms. The number of halogens is 3. The third-order valence-electron chi connectivity index (χ3n) is 4.84. The standard InChI is InChI=1S/C22H20Cl3N3O2S/c1-2-9-28-21(30)19(13-20(29)26-17-5-3-4-15(23)11-17)27(22(28)31)10-8-14-6-7-16(24)12-18(14)25/h2-7,11-12,19H,1,8-10,13H2,(H,26,29)/t19-/m1/s1. The number of thiocarbonyl (C=S) groups is 1. The number of rotatable bonds is 8. The molecule has 0 radical (unpaired) electrons. The normalized spacial score (nSPS) is 16.0. The summed E-state index contributed by atoms with van der Waals surface area (Å²) in [4.78, 5) is 28.9. The van der Waals surface area contributed by atoms with Gasteiger partial charge in [0.15, 0.2) is 5.11 Å². The largest absolute Gasteiger partial charge is 0.336 e. The molecule has 0 unspecified atom stereocenters. The summed E-state index contributed by atoms with van der Waals surface area (Å²) in [6, 6.07) is 11.4. The summed E-state index contributed by atoms with van der Waals surface area (Å²) in [6.45, 7) is 4.39. The highest BCUT2D eigenvalue weighted by atomic mass is 35.5. The van der Waals surface area contributed by atoms with Gasteiger partial charge in [0, 0.05) is 33.8 Å². The molecule has 0 spiro atoms. The molecule has 31 heavy (non-hydrogen) atoms. The number of carbonyl (C=O) groups excluding carboxylic acids is 2. The van der Waals surface area contributed by atoms with E-state index in [4.69, 9.17) is 47.0 Å². The predicted octanol–water partition coefficient (Wildman–Crippen LogP) is 5.20. The lowest BCUT2D eigenvalue weighted by molar-refractivity contribution is -0.130. The Bertz CT molecular complexity index is 1030. The van der Waals surface area contributed by atoms with Crippen LogP contribution in [0.2, 0.25) is 15.1 Å². The van der Waals surface area contributed by atoms with Gasteiger partial charge in [-0.1, -0.05) is 53.0 Å². The number of hydrogen-bond acceptors (Lipinski definition) is 3. The van der Waals surface area contributed by atoms with E-state index in [9.17, 15) is 9.59 Å². The van der Waals surface area contributed by atoms with E-state index in [1.807, 2.05) is 6.07 Å². The molecule has 1 aliphatic rings. The molecule has 1 aliphatic heterocycles. The van der Waals surface area contributed by atoms with E-state index in [0.717, 1.165) is 5.56 Å². The second-order valence-corrected chi connectivity index (χ2v) is 8.62. The first-order valence-electron chi connectivity index (χ1n) is 9.52. The Morgan fingerprint density at radius 1 is 1.16 bits per heavy atom. The zero-order valence-electron chi connectivity index (χ0n) is 16.5. The van der Waals surface area contributed by atoms with Gasteiger partial charge in [-0.2, -0.15) is 0 Å². The molecule has 1 fully saturated rings. The van der Waals surface area contributed by atoms with Crippen molar-refractivity contribution in [2.45, 2.75) is 18.9 Å². The fourth-order valence-electron chi connectivity index (χ4n) is 3.36. The SMILES string of the molecule is C=CCN1C(=O)[C@@H](CC(=O)Nc2cccc(Cl)c2)N(CCc2ccc(Cl)cc2Cl)C1=S. The molecule has 9 heteroatoms. The van der Waals surface area contributed by atoms with E-state index in [1.165, 1.54) is 4.90 Å². The molecule has 1 atom stereocenters. The van der Waals surface area contributed by atoms with Gasteiger partial charge < -0.3 is 10.2 Å². The summed E-state index contributed by atoms with van der Waals surface area (Å²) in [6.07, 6.45) is 2.10. The van der Waals surface area contributed by atoms with Gasteiger partial charge in [-0.05, 0) is 54.5 Å². The van der Waals surface area contributed by atoms with Crippen molar-refractivity contribution in [3.63, 3.8) is 0 Å². The van der Waals surface area contributed by atoms with Gasteiger partial charge in [0.05, 0.1) is 6.42 Å². The number of carbonyl (C=O) groups is 2. The summed E-state index contributed by atoms with van der Waals surface area (Å²) in [7, 11) is 0. The molecule has 1 heterocycles. The zero-order chi connectivity index (χ0) is 22.5. The maximum absolute atomic E-state index is 13.0. The first-order valence-corrected chi connectivity index (χ1v) is 11.1. The lowest BCUT2D eigenvalue weighted by atomic mass is 10.1. The van der Waals surface area contributed by atoms with Crippen molar-refractivity contribution < 1.29 is 9.59 Å². The van der Waals surface area contributed by atoms with Crippen molar-refractivity contribution >= 4 is 69.6 Å². The van der Waals surface area contributed by atoms with Gasteiger partial charge in [0.1, 0.15) is 6.04 Å². The summed E-state index contributed by atoms with van der Waals surface area (Å²) in [5.74, 6) is -0.535. The van der Waals surface area contributed by atoms with E-state index in [-0.39, 0.29) is 24.8 Å². The van der Waals surface area contributed by atoms with Crippen LogP contribution in [0.4, 0.5) is 5.69 Å². The quantitative estimate of drug-likeness (QED) is 0.403. The summed E-state index contributed by atoms with van der Waals surface area (Å²) < 4.78 is 0. The van der Waals surface area contributed by atoms with Crippen LogP contribution in [-0.4, -0.2) is 45.9 Å². The molecule has 2 aromatic carbocycles. The van der Waals surface area contributed by atoms with Crippen LogP contribution in [0, 0.1) is 0 Å². The number of benzene rings is 2. The van der Waals surface area contributed by atoms with Crippen LogP contribution in [0.3, 0.4) is 0 Å². The van der Waals surface area contributed by atoms with Crippen LogP contribution in [0.15, 0.2) is 55.1 Å². The van der Waals surface area contributed by atoms with E-state index in [1.54, 1.807) is 47.4 Å². The Morgan fingerprint density at radius 2 is 1.90 bits per heavy atom. The van der Waals surface area contributed by atoms with Gasteiger partial charge in [0.2, 0.25) is 5.91 Å². The van der Waals surface area contributed by atoms with Gasteiger partial charge in [-0.25, -0.2) is 0 Å². The summed E-state index contributed by atoms with van der Waals surface area (Å²) >= 11 is 23.8. The highest BCUT2D eigenvalue weighted by molar-refractivity contribution is 7.80. The number of anilines is 1. The molecule has 0 aliphatic carbocycles. The third-order valence-corrected chi connectivity index (χ3v) is 6.12. The molecule has 3 rings (SSSR count). The Morgan fingerprint density at radius 3 is 2.58 bits per heavy atom. The van der Waals surface area contributed by atoms with E-state index in [2.05, 4.69) is 11.9 Å². The lowest BCUT2D eigenvalue weighted by Gasteiger charge is -2.24. The van der Waals surface area contributed by atoms with Crippen molar-refractivity contribution in [1.29, 1.82) is 0 Å². The molecular weight excluding hydrogens is 477 g/mol. The second kappa shape index (κ2) is 10.5. The predicted molar refractivity (Wildman–Crippen MR) is 130 cm³/mol. The molecular formula is C22H20Cl3N3O2S. The molecule has 1 N–H and O–H groups in total. The first kappa shape index (κ1) is 23.5. The van der Waals surface area contributed by atoms with Crippen molar-refractivity contribution in [2.75, 3.05) is 18.4 Å². The smallest absolute Gasteiger partial charge is 0.252 e. The molecule has 2 amide bonds. The highest BCUT2D eigenvalue weighted by Crippen LogP contribution is 2.25. The maximum atomic E-state index is 13.0. The Balaban J connectivity index is 1.75. The minimum atomic E-state index is -0.710. The van der Waals surface area contributed by atoms with E-state index >= 15 is 0 Å². The number of nitrogens with one attached hydrogen (secondary N) is 1. The molecule has 0 aromatic heterocycles. The Hall–Kier alpha value is -2.12. The molecule has 162 valence electrons. The van der Waals surface area contributed by atoms with Crippen molar-refractivity contribution in [2.24, 2.45) is 0 Å². The van der Waals surface area contributed by atoms with Crippen LogP contribution in [0.1, 0.15) is 12.0 Å². The van der Waals surface area contributed by atoms with Crippen LogP contribution >= 0.6 is 47.0 Å². The average molecular weight is 497 g/mol. The topological polar surface area (TPSA) is 52.7 Å². The van der Waals surface area contributed by atoms with Crippen molar-refractivity contribution in [1.82, 2.24) is 9.80 Å². The average Bonchev–Trinajstić information content (AvgIpc) is 2.92. The van der Waals surface area contributed by atoms with Gasteiger partial charge >= 0.3 is 0 Å². The fourth-order valence-corrected chi connectivity index (χ4v) is 4.44. The van der Waals surface area contributed by atoms with E-state index in [0.29, 0.717) is 38.8 Å². The summed E-state index contributed by atoms with van der Waals surface area (Å²) in [5.41, 5.74) is 1.44. The van der Waals surface area contributed by atoms with Crippen LogP contribution in [-0.2, 0) is 16.0 Å². The van der Waals surface area contributed by atoms with Crippen LogP contribution < -0.4 is 5.32 Å². The first-order chi connectivity index (χ1) is 14.8. The second-order valence-electron chi connectivity index (χ2n) is 6.98. The zero-order valence-corrected chi connectivity index (χ0v) is 19.6. The van der Waals surface area contributed by atoms with Crippen LogP contribution in [0.5, 0.6) is 0 Å². The summed E-state index contributed by atoms with van der Waals surface area (Å²) in [5, 5.41) is 4.75. The Labute approximate surface area is 201 Å². The van der Waals surface area contributed by atoms with Gasteiger partial charge in [-0.15, -0.1) is 6.58 Å². The van der Waals surface area contributed by atoms with E-state index < -0.39 is 6.04 Å². The highest BCUT2D eigenvalue weighted by Gasteiger charge is 2.42. The lowest BCUT2D eigenvalue weighted by Crippen LogP contribution is -2.39. The van der Waals surface area contributed by atoms with Crippen molar-refractivity contribution in [3.8, 4) is 0 Å². The maximum Gasteiger partial charge on any atom is 0.252 e. The molecule has 0 saturated carbocycles. The number of amides is 2. The van der Waals surface area contributed by atoms with Gasteiger partial charge in [0.25, 0.3) is 5.91 Å². The minimum absolute atomic E-state index is 0.0481. The molecule has 5 nitrogen and oxygen atoms in total. The number of hydrogen-bond donors (Lipinski definition) is 1. The molecule has 1 saturated heterocycles. The monoisotopic (exact) mass is 495 g/mol. The van der Waals surface area contributed by atoms with Crippen molar-refractivity contribution in [3.05, 3.63) is 75.8 Å². The third kappa shape index (κ3) is 5.77.